The molecule has 2 saturated heterocycles. The van der Waals surface area contributed by atoms with E-state index in [0.717, 1.165) is 11.1 Å². The highest BCUT2D eigenvalue weighted by Crippen LogP contribution is 2.60. The number of piperidine rings is 1. The van der Waals surface area contributed by atoms with E-state index in [1.54, 1.807) is 55.6 Å². The molecule has 2 spiro atoms. The van der Waals surface area contributed by atoms with Crippen molar-refractivity contribution in [3.63, 3.8) is 0 Å². The van der Waals surface area contributed by atoms with Crippen molar-refractivity contribution in [2.75, 3.05) is 33.7 Å². The van der Waals surface area contributed by atoms with E-state index in [0.29, 0.717) is 39.8 Å². The van der Waals surface area contributed by atoms with Crippen LogP contribution in [-0.4, -0.2) is 66.4 Å². The second-order valence-electron chi connectivity index (χ2n) is 10.6. The maximum Gasteiger partial charge on any atom is 0.192 e. The number of likely N-dealkylation sites (N-methyl/N-ethyl adjacent to an activating group) is 2. The Balaban J connectivity index is 1.61. The van der Waals surface area contributed by atoms with E-state index in [9.17, 15) is 14.4 Å². The van der Waals surface area contributed by atoms with Gasteiger partial charge in [0.05, 0.1) is 5.41 Å². The van der Waals surface area contributed by atoms with Gasteiger partial charge >= 0.3 is 0 Å². The minimum Gasteiger partial charge on any atom is -0.301 e. The zero-order chi connectivity index (χ0) is 26.8. The molecule has 3 aromatic rings. The third-order valence-corrected chi connectivity index (χ3v) is 8.99. The first-order valence-electron chi connectivity index (χ1n) is 12.5. The first kappa shape index (κ1) is 25.2. The zero-order valence-corrected chi connectivity index (χ0v) is 22.6. The van der Waals surface area contributed by atoms with Crippen LogP contribution >= 0.6 is 23.2 Å². The van der Waals surface area contributed by atoms with Gasteiger partial charge in [-0.2, -0.15) is 0 Å². The van der Waals surface area contributed by atoms with Crippen LogP contribution < -0.4 is 0 Å². The van der Waals surface area contributed by atoms with Crippen LogP contribution in [-0.2, 0) is 4.79 Å². The molecule has 3 aromatic carbocycles. The number of halogens is 2. The molecule has 0 aromatic heterocycles. The Labute approximate surface area is 231 Å². The fourth-order valence-corrected chi connectivity index (χ4v) is 7.24. The third-order valence-electron chi connectivity index (χ3n) is 8.48. The molecule has 0 radical (unpaired) electrons. The molecule has 1 aliphatic carbocycles. The average molecular weight is 545 g/mol. The molecule has 7 heteroatoms. The molecular formula is C31H26Cl2N2O3. The van der Waals surface area contributed by atoms with Crippen LogP contribution in [0.1, 0.15) is 37.8 Å². The Morgan fingerprint density at radius 2 is 1.34 bits per heavy atom. The standard InChI is InChI=1S/C31H26Cl2N2O3/c1-34-16-21(15-19-7-11-22(32)12-8-19)27(36)30(18-34)26(20-9-13-23(33)14-10-20)17-35(2)31(30)28(37)24-5-3-4-6-25(24)29(31)38/h3-15,26H,16-18H2,1-2H3/b21-15+/t26-,30+/m0/s1. The van der Waals surface area contributed by atoms with Gasteiger partial charge < -0.3 is 4.90 Å². The largest absolute Gasteiger partial charge is 0.301 e. The van der Waals surface area contributed by atoms with Crippen molar-refractivity contribution in [2.45, 2.75) is 11.5 Å². The molecule has 0 amide bonds. The van der Waals surface area contributed by atoms with Gasteiger partial charge in [-0.3, -0.25) is 19.3 Å². The number of benzene rings is 3. The predicted octanol–water partition coefficient (Wildman–Crippen LogP) is 5.42. The summed E-state index contributed by atoms with van der Waals surface area (Å²) in [6.07, 6.45) is 1.86. The Kier molecular flexibility index (Phi) is 5.96. The summed E-state index contributed by atoms with van der Waals surface area (Å²) < 4.78 is 0. The third kappa shape index (κ3) is 3.36. The second-order valence-corrected chi connectivity index (χ2v) is 11.5. The highest BCUT2D eigenvalue weighted by molar-refractivity contribution is 6.36. The molecule has 3 aliphatic rings. The van der Waals surface area contributed by atoms with Crippen LogP contribution in [0.3, 0.4) is 0 Å². The average Bonchev–Trinajstić information content (AvgIpc) is 3.29. The monoisotopic (exact) mass is 544 g/mol. The van der Waals surface area contributed by atoms with Gasteiger partial charge in [-0.25, -0.2) is 0 Å². The lowest BCUT2D eigenvalue weighted by molar-refractivity contribution is -0.132. The Hall–Kier alpha value is -3.09. The summed E-state index contributed by atoms with van der Waals surface area (Å²) in [7, 11) is 3.73. The lowest BCUT2D eigenvalue weighted by Crippen LogP contribution is -2.69. The lowest BCUT2D eigenvalue weighted by atomic mass is 9.56. The maximum absolute atomic E-state index is 14.9. The number of carbonyl (C=O) groups is 3. The van der Waals surface area contributed by atoms with Gasteiger partial charge in [0.2, 0.25) is 0 Å². The summed E-state index contributed by atoms with van der Waals surface area (Å²) in [4.78, 5) is 47.6. The summed E-state index contributed by atoms with van der Waals surface area (Å²) in [6, 6.07) is 21.6. The number of rotatable bonds is 2. The quantitative estimate of drug-likeness (QED) is 0.318. The predicted molar refractivity (Wildman–Crippen MR) is 149 cm³/mol. The number of fused-ring (bicyclic) bond motifs is 2. The number of Topliss-reactive ketones (excluding diaryl/α,β-unsaturated/α-hetero) is 3. The number of hydrogen-bond donors (Lipinski definition) is 0. The SMILES string of the molecule is CN1C/C(=C\c2ccc(Cl)cc2)C(=O)[C@@]2(C1)[C@H](c1ccc(Cl)cc1)CN(C)C21C(=O)c2ccccc2C1=O. The second kappa shape index (κ2) is 8.99. The first-order valence-corrected chi connectivity index (χ1v) is 13.3. The highest BCUT2D eigenvalue weighted by atomic mass is 35.5. The van der Waals surface area contributed by atoms with E-state index in [4.69, 9.17) is 23.2 Å². The fraction of sp³-hybridized carbons (Fsp3) is 0.258. The van der Waals surface area contributed by atoms with Gasteiger partial charge in [0.15, 0.2) is 22.9 Å². The Morgan fingerprint density at radius 3 is 1.92 bits per heavy atom. The lowest BCUT2D eigenvalue weighted by Gasteiger charge is -2.50. The van der Waals surface area contributed by atoms with Crippen molar-refractivity contribution in [1.29, 1.82) is 0 Å². The van der Waals surface area contributed by atoms with Crippen molar-refractivity contribution < 1.29 is 14.4 Å². The molecule has 2 heterocycles. The van der Waals surface area contributed by atoms with Crippen molar-refractivity contribution >= 4 is 46.6 Å². The van der Waals surface area contributed by atoms with Crippen molar-refractivity contribution in [1.82, 2.24) is 9.80 Å². The summed E-state index contributed by atoms with van der Waals surface area (Å²) in [5.74, 6) is -1.17. The van der Waals surface area contributed by atoms with Crippen LogP contribution in [0.4, 0.5) is 0 Å². The molecule has 192 valence electrons. The van der Waals surface area contributed by atoms with Gasteiger partial charge in [-0.05, 0) is 55.6 Å². The normalized spacial score (nSPS) is 26.2. The molecular weight excluding hydrogens is 519 g/mol. The summed E-state index contributed by atoms with van der Waals surface area (Å²) in [6.45, 7) is 1.06. The van der Waals surface area contributed by atoms with Gasteiger partial charge in [-0.15, -0.1) is 0 Å². The van der Waals surface area contributed by atoms with E-state index < -0.39 is 16.9 Å². The molecule has 6 rings (SSSR count). The molecule has 0 bridgehead atoms. The smallest absolute Gasteiger partial charge is 0.192 e. The van der Waals surface area contributed by atoms with Gasteiger partial charge in [-0.1, -0.05) is 71.7 Å². The Bertz CT molecular complexity index is 1480. The van der Waals surface area contributed by atoms with Gasteiger partial charge in [0, 0.05) is 52.3 Å². The van der Waals surface area contributed by atoms with Gasteiger partial charge in [0.1, 0.15) is 0 Å². The zero-order valence-electron chi connectivity index (χ0n) is 21.1. The summed E-state index contributed by atoms with van der Waals surface area (Å²) >= 11 is 12.3. The number of carbonyl (C=O) groups excluding carboxylic acids is 3. The van der Waals surface area contributed by atoms with Crippen molar-refractivity contribution in [3.8, 4) is 0 Å². The summed E-state index contributed by atoms with van der Waals surface area (Å²) in [5, 5.41) is 1.19. The molecule has 2 fully saturated rings. The number of nitrogens with zero attached hydrogens (tertiary/aromatic N) is 2. The van der Waals surface area contributed by atoms with Crippen LogP contribution in [0, 0.1) is 5.41 Å². The molecule has 0 saturated carbocycles. The Morgan fingerprint density at radius 1 is 0.789 bits per heavy atom. The molecule has 0 N–H and O–H groups in total. The van der Waals surface area contributed by atoms with Gasteiger partial charge in [0.25, 0.3) is 0 Å². The maximum atomic E-state index is 14.9. The van der Waals surface area contributed by atoms with Crippen LogP contribution in [0.5, 0.6) is 0 Å². The first-order chi connectivity index (χ1) is 18.2. The molecule has 2 atom stereocenters. The van der Waals surface area contributed by atoms with Crippen LogP contribution in [0.25, 0.3) is 6.08 Å². The van der Waals surface area contributed by atoms with E-state index in [-0.39, 0.29) is 23.9 Å². The number of likely N-dealkylation sites (tertiary alicyclic amines) is 2. The van der Waals surface area contributed by atoms with Crippen molar-refractivity contribution in [2.24, 2.45) is 5.41 Å². The molecule has 0 unspecified atom stereocenters. The molecule has 38 heavy (non-hydrogen) atoms. The van der Waals surface area contributed by atoms with Crippen LogP contribution in [0.15, 0.2) is 78.4 Å². The minimum atomic E-state index is -1.65. The minimum absolute atomic E-state index is 0.163. The van der Waals surface area contributed by atoms with Crippen molar-refractivity contribution in [3.05, 3.63) is 111 Å². The van der Waals surface area contributed by atoms with E-state index in [2.05, 4.69) is 4.90 Å². The molecule has 2 aliphatic heterocycles. The van der Waals surface area contributed by atoms with E-state index >= 15 is 0 Å². The fourth-order valence-electron chi connectivity index (χ4n) is 6.99. The summed E-state index contributed by atoms with van der Waals surface area (Å²) in [5.41, 5.74) is 0.0452. The van der Waals surface area contributed by atoms with Crippen LogP contribution in [0.2, 0.25) is 10.0 Å². The topological polar surface area (TPSA) is 57.7 Å². The molecule has 5 nitrogen and oxygen atoms in total. The highest BCUT2D eigenvalue weighted by Gasteiger charge is 2.77. The van der Waals surface area contributed by atoms with E-state index in [1.807, 2.05) is 42.3 Å². The van der Waals surface area contributed by atoms with E-state index in [1.165, 1.54) is 0 Å². The number of ketones is 3. The number of hydrogen-bond acceptors (Lipinski definition) is 5.